The number of piperidine rings is 1. The number of hydrogen-bond acceptors (Lipinski definition) is 4. The van der Waals surface area contributed by atoms with Gasteiger partial charge >= 0.3 is 0 Å². The van der Waals surface area contributed by atoms with Crippen LogP contribution in [0.25, 0.3) is 27.6 Å². The third-order valence-electron chi connectivity index (χ3n) is 8.35. The smallest absolute Gasteiger partial charge is 0.253 e. The molecule has 5 aromatic rings. The number of likely N-dealkylation sites (tertiary alicyclic amines) is 1. The van der Waals surface area contributed by atoms with Crippen molar-refractivity contribution in [3.05, 3.63) is 90.1 Å². The zero-order valence-corrected chi connectivity index (χ0v) is 21.6. The van der Waals surface area contributed by atoms with Gasteiger partial charge in [-0.2, -0.15) is 5.10 Å². The lowest BCUT2D eigenvalue weighted by Crippen LogP contribution is -2.38. The fourth-order valence-corrected chi connectivity index (χ4v) is 6.21. The summed E-state index contributed by atoms with van der Waals surface area (Å²) in [6, 6.07) is 20.2. The molecule has 7 rings (SSSR count). The normalized spacial score (nSPS) is 20.0. The predicted octanol–water partition coefficient (Wildman–Crippen LogP) is 5.31. The van der Waals surface area contributed by atoms with Gasteiger partial charge < -0.3 is 14.6 Å². The summed E-state index contributed by atoms with van der Waals surface area (Å²) in [4.78, 5) is 20.4. The topological polar surface area (TPSA) is 76.2 Å². The molecule has 2 aromatic heterocycles. The molecule has 3 heterocycles. The number of aromatic nitrogens is 4. The highest BCUT2D eigenvalue weighted by atomic mass is 19.1. The first-order valence-electron chi connectivity index (χ1n) is 13.7. The first-order valence-corrected chi connectivity index (χ1v) is 13.7. The lowest BCUT2D eigenvalue weighted by Gasteiger charge is -2.34. The lowest BCUT2D eigenvalue weighted by atomic mass is 9.82. The molecule has 1 aliphatic heterocycles. The maximum Gasteiger partial charge on any atom is 0.253 e. The van der Waals surface area contributed by atoms with Crippen LogP contribution in [0.15, 0.2) is 72.9 Å². The van der Waals surface area contributed by atoms with Crippen molar-refractivity contribution in [2.24, 2.45) is 5.92 Å². The Bertz CT molecular complexity index is 1680. The van der Waals surface area contributed by atoms with Crippen LogP contribution in [0.5, 0.6) is 0 Å². The number of para-hydroxylation sites is 2. The standard InChI is InChI=1S/C31H30FN5O2/c32-24-4-3-5-25(17-24)37-28-9-8-22(16-23(28)18-33-37)31(39)35-12-10-21(11-13-35)30-34-27-6-1-2-7-29(27)36(30)19-20-14-26(38)15-20/h1-9,16-18,20-21,26,38H,10-15,19H2. The molecule has 1 saturated heterocycles. The monoisotopic (exact) mass is 523 g/mol. The highest BCUT2D eigenvalue weighted by molar-refractivity contribution is 5.98. The van der Waals surface area contributed by atoms with Crippen molar-refractivity contribution < 1.29 is 14.3 Å². The van der Waals surface area contributed by atoms with Gasteiger partial charge in [-0.05, 0) is 80.1 Å². The third-order valence-corrected chi connectivity index (χ3v) is 8.35. The molecule has 1 N–H and O–H groups in total. The van der Waals surface area contributed by atoms with E-state index in [1.54, 1.807) is 16.9 Å². The number of benzene rings is 3. The Labute approximate surface area is 225 Å². The van der Waals surface area contributed by atoms with E-state index in [2.05, 4.69) is 27.9 Å². The lowest BCUT2D eigenvalue weighted by molar-refractivity contribution is 0.0351. The Hall–Kier alpha value is -4.04. The van der Waals surface area contributed by atoms with Crippen LogP contribution in [-0.2, 0) is 6.54 Å². The molecule has 0 unspecified atom stereocenters. The Balaban J connectivity index is 1.08. The minimum absolute atomic E-state index is 0.0193. The van der Waals surface area contributed by atoms with Crippen molar-refractivity contribution >= 4 is 27.8 Å². The molecule has 2 aliphatic rings. The van der Waals surface area contributed by atoms with E-state index in [4.69, 9.17) is 4.98 Å². The largest absolute Gasteiger partial charge is 0.393 e. The van der Waals surface area contributed by atoms with Crippen LogP contribution in [0, 0.1) is 11.7 Å². The van der Waals surface area contributed by atoms with Crippen LogP contribution in [0.4, 0.5) is 4.39 Å². The summed E-state index contributed by atoms with van der Waals surface area (Å²) >= 11 is 0. The van der Waals surface area contributed by atoms with Crippen LogP contribution in [-0.4, -0.2) is 54.4 Å². The SMILES string of the molecule is O=C(c1ccc2c(cnn2-c2cccc(F)c2)c1)N1CCC(c2nc3ccccc3n2CC2CC(O)C2)CC1. The van der Waals surface area contributed by atoms with Crippen molar-refractivity contribution in [3.8, 4) is 5.69 Å². The third kappa shape index (κ3) is 4.38. The van der Waals surface area contributed by atoms with E-state index in [0.717, 1.165) is 60.0 Å². The molecule has 1 saturated carbocycles. The number of halogens is 1. The van der Waals surface area contributed by atoms with Gasteiger partial charge in [0, 0.05) is 36.5 Å². The van der Waals surface area contributed by atoms with Gasteiger partial charge in [-0.15, -0.1) is 0 Å². The van der Waals surface area contributed by atoms with Gasteiger partial charge in [0.2, 0.25) is 0 Å². The minimum Gasteiger partial charge on any atom is -0.393 e. The second-order valence-corrected chi connectivity index (χ2v) is 10.9. The fraction of sp³-hybridized carbons (Fsp3) is 0.323. The van der Waals surface area contributed by atoms with Gasteiger partial charge in [0.15, 0.2) is 0 Å². The second kappa shape index (κ2) is 9.61. The fourth-order valence-electron chi connectivity index (χ4n) is 6.21. The van der Waals surface area contributed by atoms with Gasteiger partial charge in [0.25, 0.3) is 5.91 Å². The van der Waals surface area contributed by atoms with Crippen molar-refractivity contribution in [3.63, 3.8) is 0 Å². The van der Waals surface area contributed by atoms with E-state index in [0.29, 0.717) is 36.2 Å². The number of imidazole rings is 1. The molecule has 7 nitrogen and oxygen atoms in total. The van der Waals surface area contributed by atoms with Gasteiger partial charge in [-0.25, -0.2) is 14.1 Å². The molecule has 198 valence electrons. The van der Waals surface area contributed by atoms with E-state index in [-0.39, 0.29) is 17.8 Å². The second-order valence-electron chi connectivity index (χ2n) is 10.9. The van der Waals surface area contributed by atoms with E-state index in [9.17, 15) is 14.3 Å². The van der Waals surface area contributed by atoms with Crippen LogP contribution in [0.2, 0.25) is 0 Å². The van der Waals surface area contributed by atoms with Gasteiger partial charge in [0.1, 0.15) is 11.6 Å². The number of carbonyl (C=O) groups excluding carboxylic acids is 1. The zero-order chi connectivity index (χ0) is 26.5. The van der Waals surface area contributed by atoms with Crippen LogP contribution in [0.1, 0.15) is 47.8 Å². The average molecular weight is 524 g/mol. The zero-order valence-electron chi connectivity index (χ0n) is 21.6. The van der Waals surface area contributed by atoms with Gasteiger partial charge in [-0.1, -0.05) is 18.2 Å². The number of rotatable bonds is 5. The van der Waals surface area contributed by atoms with Crippen molar-refractivity contribution in [1.82, 2.24) is 24.2 Å². The number of aliphatic hydroxyl groups is 1. The van der Waals surface area contributed by atoms with E-state index in [1.165, 1.54) is 12.1 Å². The van der Waals surface area contributed by atoms with E-state index >= 15 is 0 Å². The van der Waals surface area contributed by atoms with Crippen LogP contribution in [0.3, 0.4) is 0 Å². The maximum atomic E-state index is 13.7. The Kier molecular flexibility index (Phi) is 5.92. The van der Waals surface area contributed by atoms with Gasteiger partial charge in [-0.3, -0.25) is 4.79 Å². The molecular weight excluding hydrogens is 493 g/mol. The molecule has 8 heteroatoms. The van der Waals surface area contributed by atoms with Crippen LogP contribution < -0.4 is 0 Å². The predicted molar refractivity (Wildman–Crippen MR) is 147 cm³/mol. The summed E-state index contributed by atoms with van der Waals surface area (Å²) in [5, 5.41) is 15.1. The molecule has 0 atom stereocenters. The van der Waals surface area contributed by atoms with Crippen molar-refractivity contribution in [2.45, 2.75) is 44.2 Å². The molecule has 39 heavy (non-hydrogen) atoms. The van der Waals surface area contributed by atoms with Crippen molar-refractivity contribution in [1.29, 1.82) is 0 Å². The molecule has 1 aliphatic carbocycles. The quantitative estimate of drug-likeness (QED) is 0.339. The Morgan fingerprint density at radius 2 is 1.79 bits per heavy atom. The number of hydrogen-bond donors (Lipinski definition) is 1. The molecule has 0 spiro atoms. The average Bonchev–Trinajstić information content (AvgIpc) is 3.53. The number of amides is 1. The summed E-state index contributed by atoms with van der Waals surface area (Å²) in [5.41, 5.74) is 4.27. The summed E-state index contributed by atoms with van der Waals surface area (Å²) in [5.74, 6) is 1.59. The molecular formula is C31H30FN5O2. The van der Waals surface area contributed by atoms with E-state index < -0.39 is 0 Å². The molecule has 1 amide bonds. The van der Waals surface area contributed by atoms with E-state index in [1.807, 2.05) is 35.2 Å². The molecule has 3 aromatic carbocycles. The number of aliphatic hydroxyl groups excluding tert-OH is 1. The summed E-state index contributed by atoms with van der Waals surface area (Å²) in [6.07, 6.45) is 4.98. The number of fused-ring (bicyclic) bond motifs is 2. The van der Waals surface area contributed by atoms with Crippen LogP contribution >= 0.6 is 0 Å². The molecule has 2 fully saturated rings. The Morgan fingerprint density at radius 1 is 0.974 bits per heavy atom. The van der Waals surface area contributed by atoms with Crippen molar-refractivity contribution in [2.75, 3.05) is 13.1 Å². The number of nitrogens with zero attached hydrogens (tertiary/aromatic N) is 5. The molecule has 0 bridgehead atoms. The maximum absolute atomic E-state index is 13.7. The summed E-state index contributed by atoms with van der Waals surface area (Å²) < 4.78 is 17.8. The number of carbonyl (C=O) groups is 1. The van der Waals surface area contributed by atoms with Gasteiger partial charge in [0.05, 0.1) is 34.5 Å². The first-order chi connectivity index (χ1) is 19.0. The highest BCUT2D eigenvalue weighted by Gasteiger charge is 2.32. The molecule has 0 radical (unpaired) electrons. The highest BCUT2D eigenvalue weighted by Crippen LogP contribution is 2.35. The minimum atomic E-state index is -0.316. The first kappa shape index (κ1) is 24.0. The summed E-state index contributed by atoms with van der Waals surface area (Å²) in [6.45, 7) is 2.24. The summed E-state index contributed by atoms with van der Waals surface area (Å²) in [7, 11) is 0. The Morgan fingerprint density at radius 3 is 2.59 bits per heavy atom.